The largest absolute Gasteiger partial charge is 0.306 e. The molecule has 0 aromatic carbocycles. The van der Waals surface area contributed by atoms with Gasteiger partial charge in [-0.15, -0.1) is 0 Å². The lowest BCUT2D eigenvalue weighted by Gasteiger charge is -2.32. The highest BCUT2D eigenvalue weighted by Gasteiger charge is 2.40. The molecule has 0 saturated heterocycles. The van der Waals surface area contributed by atoms with E-state index in [1.807, 2.05) is 0 Å². The summed E-state index contributed by atoms with van der Waals surface area (Å²) in [6.07, 6.45) is 0. The molecule has 0 amide bonds. The van der Waals surface area contributed by atoms with Crippen molar-refractivity contribution in [2.24, 2.45) is 0 Å². The Morgan fingerprint density at radius 1 is 1.00 bits per heavy atom. The smallest absolute Gasteiger partial charge is 0.118 e. The van der Waals surface area contributed by atoms with Gasteiger partial charge < -0.3 is 4.79 Å². The average Bonchev–Trinajstić information content (AvgIpc) is 1.62. The first kappa shape index (κ1) is 10.1. The first-order valence-corrected chi connectivity index (χ1v) is 11.2. The maximum Gasteiger partial charge on any atom is 0.118 e. The highest BCUT2D eigenvalue weighted by molar-refractivity contribution is 7.51. The molecule has 0 fully saturated rings. The van der Waals surface area contributed by atoms with Crippen molar-refractivity contribution in [3.63, 3.8) is 0 Å². The summed E-state index contributed by atoms with van der Waals surface area (Å²) in [5.41, 5.74) is 0. The number of hydrogen-bond donors (Lipinski definition) is 0. The molecule has 0 atom stereocenters. The Labute approximate surface area is 65.6 Å². The zero-order chi connectivity index (χ0) is 8.58. The van der Waals surface area contributed by atoms with E-state index < -0.39 is 15.2 Å². The van der Waals surface area contributed by atoms with Crippen LogP contribution in [0.2, 0.25) is 32.7 Å². The molecule has 0 rings (SSSR count). The van der Waals surface area contributed by atoms with Crippen LogP contribution in [0, 0.1) is 0 Å². The SMILES string of the molecule is CC(=O)[Si](C)(C)[Si](C)(C)C. The lowest BCUT2D eigenvalue weighted by Crippen LogP contribution is -2.57. The van der Waals surface area contributed by atoms with Gasteiger partial charge in [-0.25, -0.2) is 0 Å². The van der Waals surface area contributed by atoms with Gasteiger partial charge in [0.1, 0.15) is 13.0 Å². The third kappa shape index (κ3) is 1.79. The summed E-state index contributed by atoms with van der Waals surface area (Å²) in [5.74, 6) is 0. The molecule has 0 N–H and O–H groups in total. The first-order valence-electron chi connectivity index (χ1n) is 3.70. The van der Waals surface area contributed by atoms with Crippen molar-refractivity contribution in [1.29, 1.82) is 0 Å². The molecule has 0 saturated carbocycles. The third-order valence-electron chi connectivity index (χ3n) is 2.76. The molecule has 0 spiro atoms. The average molecular weight is 174 g/mol. The lowest BCUT2D eigenvalue weighted by atomic mass is 10.9. The molecule has 0 aromatic heterocycles. The van der Waals surface area contributed by atoms with Crippen molar-refractivity contribution in [1.82, 2.24) is 0 Å². The Bertz CT molecular complexity index is 144. The number of rotatable bonds is 2. The molecule has 0 aliphatic heterocycles. The van der Waals surface area contributed by atoms with E-state index in [1.165, 1.54) is 0 Å². The van der Waals surface area contributed by atoms with E-state index in [9.17, 15) is 4.79 Å². The van der Waals surface area contributed by atoms with Crippen LogP contribution in [0.15, 0.2) is 0 Å². The van der Waals surface area contributed by atoms with E-state index >= 15 is 0 Å². The van der Waals surface area contributed by atoms with Gasteiger partial charge in [0.05, 0.1) is 0 Å². The minimum atomic E-state index is -1.48. The molecule has 0 aliphatic rings. The molecule has 0 bridgehead atoms. The van der Waals surface area contributed by atoms with Gasteiger partial charge in [-0.3, -0.25) is 0 Å². The number of hydrogen-bond acceptors (Lipinski definition) is 1. The van der Waals surface area contributed by atoms with E-state index in [0.29, 0.717) is 5.41 Å². The van der Waals surface area contributed by atoms with Gasteiger partial charge in [0, 0.05) is 7.59 Å². The van der Waals surface area contributed by atoms with Gasteiger partial charge in [0.15, 0.2) is 0 Å². The number of carbonyl (C=O) groups is 1. The molecule has 0 unspecified atom stereocenters. The van der Waals surface area contributed by atoms with Crippen LogP contribution in [-0.4, -0.2) is 20.6 Å². The Kier molecular flexibility index (Phi) is 2.65. The zero-order valence-corrected chi connectivity index (χ0v) is 9.91. The molecule has 0 aliphatic carbocycles. The molecule has 10 heavy (non-hydrogen) atoms. The molecule has 3 heteroatoms. The molecule has 1 nitrogen and oxygen atoms in total. The summed E-state index contributed by atoms with van der Waals surface area (Å²) in [4.78, 5) is 11.2. The second-order valence-electron chi connectivity index (χ2n) is 4.43. The maximum atomic E-state index is 11.2. The predicted octanol–water partition coefficient (Wildman–Crippen LogP) is 2.24. The van der Waals surface area contributed by atoms with Crippen LogP contribution in [0.5, 0.6) is 0 Å². The van der Waals surface area contributed by atoms with Gasteiger partial charge in [0.2, 0.25) is 0 Å². The molecule has 0 radical (unpaired) electrons. The van der Waals surface area contributed by atoms with Crippen molar-refractivity contribution < 1.29 is 4.79 Å². The van der Waals surface area contributed by atoms with Crippen LogP contribution in [0.4, 0.5) is 0 Å². The Balaban J connectivity index is 4.57. The molecular formula is C7H18OSi2. The monoisotopic (exact) mass is 174 g/mol. The third-order valence-corrected chi connectivity index (χ3v) is 20.6. The molecule has 0 heterocycles. The van der Waals surface area contributed by atoms with Gasteiger partial charge in [-0.05, 0) is 6.92 Å². The summed E-state index contributed by atoms with van der Waals surface area (Å²) < 4.78 is 0. The van der Waals surface area contributed by atoms with Crippen molar-refractivity contribution in [2.45, 2.75) is 39.7 Å². The van der Waals surface area contributed by atoms with Crippen LogP contribution in [0.1, 0.15) is 6.92 Å². The fourth-order valence-electron chi connectivity index (χ4n) is 0.528. The first-order chi connectivity index (χ1) is 4.19. The van der Waals surface area contributed by atoms with E-state index in [2.05, 4.69) is 32.7 Å². The highest BCUT2D eigenvalue weighted by Crippen LogP contribution is 2.18. The van der Waals surface area contributed by atoms with Crippen molar-refractivity contribution in [3.05, 3.63) is 0 Å². The molecule has 0 aromatic rings. The second kappa shape index (κ2) is 2.62. The lowest BCUT2D eigenvalue weighted by molar-refractivity contribution is -0.110. The van der Waals surface area contributed by atoms with E-state index in [-0.39, 0.29) is 0 Å². The fraction of sp³-hybridized carbons (Fsp3) is 0.857. The van der Waals surface area contributed by atoms with Crippen LogP contribution in [-0.2, 0) is 4.79 Å². The summed E-state index contributed by atoms with van der Waals surface area (Å²) >= 11 is 0. The Morgan fingerprint density at radius 3 is 1.30 bits per heavy atom. The van der Waals surface area contributed by atoms with Gasteiger partial charge >= 0.3 is 0 Å². The van der Waals surface area contributed by atoms with Gasteiger partial charge in [-0.2, -0.15) is 0 Å². The van der Waals surface area contributed by atoms with E-state index in [4.69, 9.17) is 0 Å². The Morgan fingerprint density at radius 2 is 1.30 bits per heavy atom. The zero-order valence-electron chi connectivity index (χ0n) is 7.91. The van der Waals surface area contributed by atoms with Crippen molar-refractivity contribution in [3.8, 4) is 0 Å². The topological polar surface area (TPSA) is 17.1 Å². The molecular weight excluding hydrogens is 156 g/mol. The summed E-state index contributed by atoms with van der Waals surface area (Å²) in [6.45, 7) is 13.0. The predicted molar refractivity (Wildman–Crippen MR) is 51.5 cm³/mol. The van der Waals surface area contributed by atoms with Crippen LogP contribution in [0.3, 0.4) is 0 Å². The maximum absolute atomic E-state index is 11.2. The van der Waals surface area contributed by atoms with Gasteiger partial charge in [0.25, 0.3) is 0 Å². The van der Waals surface area contributed by atoms with Crippen molar-refractivity contribution in [2.75, 3.05) is 0 Å². The Hall–Kier alpha value is 0.104. The van der Waals surface area contributed by atoms with E-state index in [0.717, 1.165) is 0 Å². The van der Waals surface area contributed by atoms with Crippen molar-refractivity contribution >= 4 is 20.6 Å². The summed E-state index contributed by atoms with van der Waals surface area (Å²) in [7, 11) is -2.64. The minimum Gasteiger partial charge on any atom is -0.306 e. The van der Waals surface area contributed by atoms with Crippen LogP contribution < -0.4 is 0 Å². The van der Waals surface area contributed by atoms with Crippen LogP contribution >= 0.6 is 0 Å². The summed E-state index contributed by atoms with van der Waals surface area (Å²) in [6, 6.07) is 0. The summed E-state index contributed by atoms with van der Waals surface area (Å²) in [5, 5.41) is 0.465. The quantitative estimate of drug-likeness (QED) is 0.587. The standard InChI is InChI=1S/C7H18OSi2/c1-7(8)10(5,6)9(2,3)4/h1-6H3. The minimum absolute atomic E-state index is 0.465. The highest BCUT2D eigenvalue weighted by atomic mass is 29.3. The number of carbonyl (C=O) groups excluding carboxylic acids is 1. The van der Waals surface area contributed by atoms with Gasteiger partial charge in [-0.1, -0.05) is 32.7 Å². The van der Waals surface area contributed by atoms with E-state index in [1.54, 1.807) is 6.92 Å². The molecule has 60 valence electrons. The fourth-order valence-corrected chi connectivity index (χ4v) is 4.75. The normalized spacial score (nSPS) is 13.4. The van der Waals surface area contributed by atoms with Crippen LogP contribution in [0.25, 0.3) is 0 Å². The second-order valence-corrected chi connectivity index (χ2v) is 21.1.